The van der Waals surface area contributed by atoms with Gasteiger partial charge < -0.3 is 4.90 Å². The van der Waals surface area contributed by atoms with Gasteiger partial charge in [-0.05, 0) is 51.2 Å². The van der Waals surface area contributed by atoms with Gasteiger partial charge in [-0.15, -0.1) is 0 Å². The second kappa shape index (κ2) is 7.08. The minimum atomic E-state index is -3.53. The minimum Gasteiger partial charge on any atom is -0.341 e. The van der Waals surface area contributed by atoms with Crippen LogP contribution in [-0.2, 0) is 14.8 Å². The summed E-state index contributed by atoms with van der Waals surface area (Å²) < 4.78 is 27.9. The predicted octanol–water partition coefficient (Wildman–Crippen LogP) is 2.63. The molecular weight excluding hydrogens is 336 g/mol. The molecule has 2 fully saturated rings. The fourth-order valence-corrected chi connectivity index (χ4v) is 5.85. The summed E-state index contributed by atoms with van der Waals surface area (Å²) in [5, 5.41) is 0. The number of amides is 1. The van der Waals surface area contributed by atoms with Gasteiger partial charge in [0.1, 0.15) is 0 Å². The highest BCUT2D eigenvalue weighted by Crippen LogP contribution is 2.29. The number of carbonyl (C=O) groups is 1. The molecule has 0 aromatic heterocycles. The van der Waals surface area contributed by atoms with Gasteiger partial charge in [-0.3, -0.25) is 4.79 Å². The molecule has 1 aromatic rings. The van der Waals surface area contributed by atoms with Crippen molar-refractivity contribution in [3.05, 3.63) is 28.8 Å². The van der Waals surface area contributed by atoms with Crippen molar-refractivity contribution in [2.75, 3.05) is 26.2 Å². The lowest BCUT2D eigenvalue weighted by atomic mass is 9.84. The van der Waals surface area contributed by atoms with Gasteiger partial charge in [0.05, 0.1) is 4.90 Å². The second-order valence-corrected chi connectivity index (χ2v) is 9.31. The maximum absolute atomic E-state index is 13.2. The molecule has 5 nitrogen and oxygen atoms in total. The number of hydrogen-bond acceptors (Lipinski definition) is 3. The molecule has 138 valence electrons. The van der Waals surface area contributed by atoms with Gasteiger partial charge in [0.15, 0.2) is 0 Å². The zero-order valence-corrected chi connectivity index (χ0v) is 16.2. The summed E-state index contributed by atoms with van der Waals surface area (Å²) >= 11 is 0. The number of benzene rings is 1. The first-order chi connectivity index (χ1) is 11.8. The first-order valence-electron chi connectivity index (χ1n) is 9.17. The highest BCUT2D eigenvalue weighted by atomic mass is 32.2. The molecule has 2 aliphatic rings. The molecule has 1 aromatic carbocycles. The lowest BCUT2D eigenvalue weighted by Crippen LogP contribution is -2.41. The Kier molecular flexibility index (Phi) is 5.21. The molecule has 0 N–H and O–H groups in total. The SMILES string of the molecule is Cc1cc(C)c(S(=O)(=O)N2CCCN(C(=O)C3CCC3)CC2)c(C)c1. The van der Waals surface area contributed by atoms with Crippen molar-refractivity contribution in [3.63, 3.8) is 0 Å². The van der Waals surface area contributed by atoms with E-state index in [9.17, 15) is 13.2 Å². The number of rotatable bonds is 3. The Morgan fingerprint density at radius 1 is 0.960 bits per heavy atom. The van der Waals surface area contributed by atoms with Crippen molar-refractivity contribution in [1.29, 1.82) is 0 Å². The predicted molar refractivity (Wildman–Crippen MR) is 97.9 cm³/mol. The second-order valence-electron chi connectivity index (χ2n) is 7.44. The smallest absolute Gasteiger partial charge is 0.243 e. The largest absolute Gasteiger partial charge is 0.341 e. The van der Waals surface area contributed by atoms with E-state index in [4.69, 9.17) is 0 Å². The standard InChI is InChI=1S/C19H28N2O3S/c1-14-12-15(2)18(16(3)13-14)25(23,24)21-9-5-8-20(10-11-21)19(22)17-6-4-7-17/h12-13,17H,4-11H2,1-3H3. The normalized spacial score (nSPS) is 20.2. The molecule has 1 saturated heterocycles. The van der Waals surface area contributed by atoms with Crippen molar-refractivity contribution in [1.82, 2.24) is 9.21 Å². The molecule has 0 spiro atoms. The average molecular weight is 365 g/mol. The summed E-state index contributed by atoms with van der Waals surface area (Å²) in [5.74, 6) is 0.387. The molecule has 1 heterocycles. The summed E-state index contributed by atoms with van der Waals surface area (Å²) in [6, 6.07) is 3.84. The van der Waals surface area contributed by atoms with E-state index in [1.807, 2.05) is 37.8 Å². The van der Waals surface area contributed by atoms with Gasteiger partial charge in [0, 0.05) is 32.1 Å². The number of nitrogens with zero attached hydrogens (tertiary/aromatic N) is 2. The van der Waals surface area contributed by atoms with E-state index in [1.54, 1.807) is 4.31 Å². The zero-order valence-electron chi connectivity index (χ0n) is 15.4. The first-order valence-corrected chi connectivity index (χ1v) is 10.6. The van der Waals surface area contributed by atoms with Gasteiger partial charge in [-0.1, -0.05) is 24.1 Å². The molecule has 0 radical (unpaired) electrons. The lowest BCUT2D eigenvalue weighted by molar-refractivity contribution is -0.138. The lowest BCUT2D eigenvalue weighted by Gasteiger charge is -2.31. The third-order valence-electron chi connectivity index (χ3n) is 5.42. The van der Waals surface area contributed by atoms with Crippen LogP contribution in [0.15, 0.2) is 17.0 Å². The van der Waals surface area contributed by atoms with Gasteiger partial charge in [0.25, 0.3) is 0 Å². The molecule has 1 amide bonds. The quantitative estimate of drug-likeness (QED) is 0.828. The van der Waals surface area contributed by atoms with Crippen LogP contribution in [0.1, 0.15) is 42.4 Å². The van der Waals surface area contributed by atoms with E-state index in [-0.39, 0.29) is 11.8 Å². The van der Waals surface area contributed by atoms with Crippen molar-refractivity contribution < 1.29 is 13.2 Å². The van der Waals surface area contributed by atoms with Crippen molar-refractivity contribution in [2.45, 2.75) is 51.3 Å². The zero-order chi connectivity index (χ0) is 18.2. The van der Waals surface area contributed by atoms with Crippen LogP contribution >= 0.6 is 0 Å². The van der Waals surface area contributed by atoms with Crippen LogP contribution in [0.3, 0.4) is 0 Å². The number of sulfonamides is 1. The van der Waals surface area contributed by atoms with Crippen molar-refractivity contribution >= 4 is 15.9 Å². The molecule has 1 saturated carbocycles. The summed E-state index contributed by atoms with van der Waals surface area (Å²) in [6.07, 6.45) is 3.80. The van der Waals surface area contributed by atoms with Crippen LogP contribution in [0.2, 0.25) is 0 Å². The molecule has 0 bridgehead atoms. The van der Waals surface area contributed by atoms with E-state index in [2.05, 4.69) is 0 Å². The van der Waals surface area contributed by atoms with Gasteiger partial charge in [-0.25, -0.2) is 8.42 Å². The highest BCUT2D eigenvalue weighted by molar-refractivity contribution is 7.89. The first kappa shape index (κ1) is 18.4. The summed E-state index contributed by atoms with van der Waals surface area (Å²) in [6.45, 7) is 7.71. The van der Waals surface area contributed by atoms with Crippen molar-refractivity contribution in [2.24, 2.45) is 5.92 Å². The van der Waals surface area contributed by atoms with Crippen LogP contribution in [0.25, 0.3) is 0 Å². The summed E-state index contributed by atoms with van der Waals surface area (Å²) in [7, 11) is -3.53. The number of hydrogen-bond donors (Lipinski definition) is 0. The van der Waals surface area contributed by atoms with Crippen LogP contribution in [0.5, 0.6) is 0 Å². The Bertz CT molecular complexity index is 746. The van der Waals surface area contributed by atoms with E-state index in [0.717, 1.165) is 36.0 Å². The Labute approximate surface area is 151 Å². The Morgan fingerprint density at radius 3 is 2.16 bits per heavy atom. The van der Waals surface area contributed by atoms with Crippen LogP contribution < -0.4 is 0 Å². The minimum absolute atomic E-state index is 0.171. The third-order valence-corrected chi connectivity index (χ3v) is 7.63. The van der Waals surface area contributed by atoms with Gasteiger partial charge in [0.2, 0.25) is 15.9 Å². The fourth-order valence-electron chi connectivity index (χ4n) is 3.97. The van der Waals surface area contributed by atoms with Crippen LogP contribution in [0, 0.1) is 26.7 Å². The van der Waals surface area contributed by atoms with Gasteiger partial charge >= 0.3 is 0 Å². The Morgan fingerprint density at radius 2 is 1.60 bits per heavy atom. The third kappa shape index (κ3) is 3.60. The summed E-state index contributed by atoms with van der Waals surface area (Å²) in [4.78, 5) is 14.8. The molecule has 1 aliphatic carbocycles. The van der Waals surface area contributed by atoms with Crippen molar-refractivity contribution in [3.8, 4) is 0 Å². The van der Waals surface area contributed by atoms with E-state index in [0.29, 0.717) is 37.5 Å². The molecule has 6 heteroatoms. The highest BCUT2D eigenvalue weighted by Gasteiger charge is 2.33. The van der Waals surface area contributed by atoms with Gasteiger partial charge in [-0.2, -0.15) is 4.31 Å². The van der Waals surface area contributed by atoms with E-state index < -0.39 is 10.0 Å². The number of carbonyl (C=O) groups excluding carboxylic acids is 1. The average Bonchev–Trinajstić information content (AvgIpc) is 2.70. The van der Waals surface area contributed by atoms with E-state index >= 15 is 0 Å². The molecule has 1 aliphatic heterocycles. The molecule has 3 rings (SSSR count). The maximum Gasteiger partial charge on any atom is 0.243 e. The van der Waals surface area contributed by atoms with Crippen LogP contribution in [-0.4, -0.2) is 49.7 Å². The monoisotopic (exact) mass is 364 g/mol. The number of aryl methyl sites for hydroxylation is 3. The Balaban J connectivity index is 1.78. The maximum atomic E-state index is 13.2. The summed E-state index contributed by atoms with van der Waals surface area (Å²) in [5.41, 5.74) is 2.66. The van der Waals surface area contributed by atoms with Crippen LogP contribution in [0.4, 0.5) is 0 Å². The molecule has 25 heavy (non-hydrogen) atoms. The van der Waals surface area contributed by atoms with E-state index in [1.165, 1.54) is 0 Å². The fraction of sp³-hybridized carbons (Fsp3) is 0.632. The Hall–Kier alpha value is -1.40. The molecular formula is C19H28N2O3S. The molecule has 0 atom stereocenters. The molecule has 0 unspecified atom stereocenters. The topological polar surface area (TPSA) is 57.7 Å².